The Morgan fingerprint density at radius 2 is 1.62 bits per heavy atom. The molecule has 3 rings (SSSR count). The summed E-state index contributed by atoms with van der Waals surface area (Å²) >= 11 is 0. The van der Waals surface area contributed by atoms with E-state index in [9.17, 15) is 0 Å². The molecule has 0 heterocycles. The molecule has 5 atom stereocenters. The van der Waals surface area contributed by atoms with Crippen molar-refractivity contribution in [1.82, 2.24) is 0 Å². The van der Waals surface area contributed by atoms with Crippen LogP contribution in [-0.2, 0) is 0 Å². The second-order valence-electron chi connectivity index (χ2n) is 7.89. The van der Waals surface area contributed by atoms with Gasteiger partial charge in [-0.25, -0.2) is 0 Å². The molecule has 0 saturated heterocycles. The summed E-state index contributed by atoms with van der Waals surface area (Å²) in [6.07, 6.45) is 21.8. The first-order valence-electron chi connectivity index (χ1n) is 9.67. The van der Waals surface area contributed by atoms with E-state index >= 15 is 0 Å². The third-order valence-corrected chi connectivity index (χ3v) is 6.65. The fraction of sp³-hybridized carbons (Fsp3) is 0.900. The Balaban J connectivity index is 1.30. The summed E-state index contributed by atoms with van der Waals surface area (Å²) in [6, 6.07) is 0. The number of allylic oxidation sites excluding steroid dienone is 2. The molecule has 0 radical (unpaired) electrons. The van der Waals surface area contributed by atoms with Gasteiger partial charge in [-0.1, -0.05) is 57.1 Å². The van der Waals surface area contributed by atoms with Crippen molar-refractivity contribution in [1.29, 1.82) is 0 Å². The van der Waals surface area contributed by atoms with Gasteiger partial charge in [0.15, 0.2) is 0 Å². The monoisotopic (exact) mass is 290 g/mol. The highest BCUT2D eigenvalue weighted by atomic mass is 16.2. The van der Waals surface area contributed by atoms with Crippen molar-refractivity contribution < 1.29 is 5.11 Å². The van der Waals surface area contributed by atoms with Gasteiger partial charge in [0.25, 0.3) is 0 Å². The average Bonchev–Trinajstić information content (AvgIpc) is 2.52. The van der Waals surface area contributed by atoms with Crippen LogP contribution in [0.25, 0.3) is 0 Å². The second-order valence-corrected chi connectivity index (χ2v) is 7.89. The highest BCUT2D eigenvalue weighted by Crippen LogP contribution is 2.58. The molecule has 120 valence electrons. The lowest BCUT2D eigenvalue weighted by atomic mass is 9.48. The van der Waals surface area contributed by atoms with E-state index in [-0.39, 0.29) is 0 Å². The summed E-state index contributed by atoms with van der Waals surface area (Å²) in [6.45, 7) is 0.376. The molecule has 0 bridgehead atoms. The molecule has 5 unspecified atom stereocenters. The predicted molar refractivity (Wildman–Crippen MR) is 89.1 cm³/mol. The minimum Gasteiger partial charge on any atom is -0.396 e. The molecule has 0 aromatic heterocycles. The van der Waals surface area contributed by atoms with Crippen LogP contribution in [0.2, 0.25) is 0 Å². The molecule has 0 amide bonds. The zero-order valence-electron chi connectivity index (χ0n) is 13.7. The quantitative estimate of drug-likeness (QED) is 0.472. The Morgan fingerprint density at radius 1 is 0.810 bits per heavy atom. The first-order chi connectivity index (χ1) is 10.4. The van der Waals surface area contributed by atoms with Crippen LogP contribution in [0.15, 0.2) is 12.2 Å². The SMILES string of the molecule is OCCCCCCCCC1CCC2C3CCC=CC3C2C1. The Labute approximate surface area is 131 Å². The number of aliphatic hydroxyl groups is 1. The summed E-state index contributed by atoms with van der Waals surface area (Å²) < 4.78 is 0. The molecule has 1 nitrogen and oxygen atoms in total. The van der Waals surface area contributed by atoms with E-state index in [0.29, 0.717) is 6.61 Å². The maximum absolute atomic E-state index is 8.77. The first kappa shape index (κ1) is 15.6. The molecule has 3 aliphatic rings. The van der Waals surface area contributed by atoms with Crippen molar-refractivity contribution in [2.24, 2.45) is 29.6 Å². The molecule has 0 spiro atoms. The Bertz CT molecular complexity index is 335. The Hall–Kier alpha value is -0.300. The van der Waals surface area contributed by atoms with Crippen molar-refractivity contribution in [3.8, 4) is 0 Å². The molecule has 1 heteroatoms. The molecule has 2 fully saturated rings. The molecule has 1 N–H and O–H groups in total. The van der Waals surface area contributed by atoms with Gasteiger partial charge in [-0.2, -0.15) is 0 Å². The van der Waals surface area contributed by atoms with Gasteiger partial charge in [-0.3, -0.25) is 0 Å². The third-order valence-electron chi connectivity index (χ3n) is 6.65. The van der Waals surface area contributed by atoms with Crippen molar-refractivity contribution in [3.63, 3.8) is 0 Å². The topological polar surface area (TPSA) is 20.2 Å². The number of aliphatic hydroxyl groups excluding tert-OH is 1. The zero-order valence-corrected chi connectivity index (χ0v) is 13.7. The standard InChI is InChI=1S/C20H34O/c21-14-8-4-2-1-3-5-9-16-12-13-19-17-10-6-7-11-18(17)20(19)15-16/h7,11,16-21H,1-6,8-10,12-15H2. The molecule has 2 saturated carbocycles. The van der Waals surface area contributed by atoms with Crippen LogP contribution < -0.4 is 0 Å². The molecular formula is C20H34O. The van der Waals surface area contributed by atoms with Crippen LogP contribution in [0.4, 0.5) is 0 Å². The van der Waals surface area contributed by atoms with E-state index in [0.717, 1.165) is 36.0 Å². The Kier molecular flexibility index (Phi) is 5.80. The van der Waals surface area contributed by atoms with Gasteiger partial charge in [-0.05, 0) is 61.7 Å². The molecule has 21 heavy (non-hydrogen) atoms. The number of hydrogen-bond acceptors (Lipinski definition) is 1. The van der Waals surface area contributed by atoms with Crippen molar-refractivity contribution in [2.75, 3.05) is 6.61 Å². The summed E-state index contributed by atoms with van der Waals surface area (Å²) in [5.41, 5.74) is 0. The largest absolute Gasteiger partial charge is 0.396 e. The minimum atomic E-state index is 0.376. The normalized spacial score (nSPS) is 37.7. The molecule has 0 aromatic rings. The molecule has 3 aliphatic carbocycles. The van der Waals surface area contributed by atoms with Crippen molar-refractivity contribution in [3.05, 3.63) is 12.2 Å². The fourth-order valence-electron chi connectivity index (χ4n) is 5.50. The maximum Gasteiger partial charge on any atom is 0.0431 e. The van der Waals surface area contributed by atoms with E-state index in [1.807, 2.05) is 0 Å². The van der Waals surface area contributed by atoms with E-state index in [1.54, 1.807) is 12.8 Å². The van der Waals surface area contributed by atoms with Crippen molar-refractivity contribution in [2.45, 2.75) is 77.0 Å². The van der Waals surface area contributed by atoms with Crippen LogP contribution in [0.1, 0.15) is 77.0 Å². The van der Waals surface area contributed by atoms with Crippen LogP contribution in [0.5, 0.6) is 0 Å². The molecule has 0 aliphatic heterocycles. The lowest BCUT2D eigenvalue weighted by molar-refractivity contribution is -0.0522. The van der Waals surface area contributed by atoms with Crippen LogP contribution in [0, 0.1) is 29.6 Å². The highest BCUT2D eigenvalue weighted by Gasteiger charge is 2.50. The summed E-state index contributed by atoms with van der Waals surface area (Å²) in [5, 5.41) is 8.77. The average molecular weight is 290 g/mol. The number of rotatable bonds is 8. The number of fused-ring (bicyclic) bond motifs is 4. The number of hydrogen-bond donors (Lipinski definition) is 1. The van der Waals surface area contributed by atoms with Gasteiger partial charge >= 0.3 is 0 Å². The summed E-state index contributed by atoms with van der Waals surface area (Å²) in [5.74, 6) is 5.27. The van der Waals surface area contributed by atoms with Gasteiger partial charge in [0.2, 0.25) is 0 Å². The van der Waals surface area contributed by atoms with Gasteiger partial charge in [-0.15, -0.1) is 0 Å². The van der Waals surface area contributed by atoms with Gasteiger partial charge < -0.3 is 5.11 Å². The fourth-order valence-corrected chi connectivity index (χ4v) is 5.50. The van der Waals surface area contributed by atoms with E-state index in [4.69, 9.17) is 5.11 Å². The predicted octanol–water partition coefficient (Wildman–Crippen LogP) is 5.34. The number of unbranched alkanes of at least 4 members (excludes halogenated alkanes) is 5. The van der Waals surface area contributed by atoms with Crippen LogP contribution in [-0.4, -0.2) is 11.7 Å². The maximum atomic E-state index is 8.77. The second kappa shape index (κ2) is 7.81. The van der Waals surface area contributed by atoms with E-state index < -0.39 is 0 Å². The third kappa shape index (κ3) is 3.73. The smallest absolute Gasteiger partial charge is 0.0431 e. The van der Waals surface area contributed by atoms with E-state index in [1.165, 1.54) is 57.8 Å². The van der Waals surface area contributed by atoms with Crippen LogP contribution >= 0.6 is 0 Å². The summed E-state index contributed by atoms with van der Waals surface area (Å²) in [4.78, 5) is 0. The molecule has 0 aromatic carbocycles. The van der Waals surface area contributed by atoms with Crippen molar-refractivity contribution >= 4 is 0 Å². The zero-order chi connectivity index (χ0) is 14.5. The molecular weight excluding hydrogens is 256 g/mol. The van der Waals surface area contributed by atoms with Gasteiger partial charge in [0.1, 0.15) is 0 Å². The lowest BCUT2D eigenvalue weighted by Gasteiger charge is -2.57. The summed E-state index contributed by atoms with van der Waals surface area (Å²) in [7, 11) is 0. The Morgan fingerprint density at radius 3 is 2.48 bits per heavy atom. The first-order valence-corrected chi connectivity index (χ1v) is 9.67. The highest BCUT2D eigenvalue weighted by molar-refractivity contribution is 5.11. The van der Waals surface area contributed by atoms with E-state index in [2.05, 4.69) is 12.2 Å². The van der Waals surface area contributed by atoms with Gasteiger partial charge in [0, 0.05) is 6.61 Å². The minimum absolute atomic E-state index is 0.376. The van der Waals surface area contributed by atoms with Gasteiger partial charge in [0.05, 0.1) is 0 Å². The van der Waals surface area contributed by atoms with Crippen LogP contribution in [0.3, 0.4) is 0 Å². The lowest BCUT2D eigenvalue weighted by Crippen LogP contribution is -2.49.